The zero-order valence-corrected chi connectivity index (χ0v) is 18.8. The molecule has 0 atom stereocenters. The van der Waals surface area contributed by atoms with E-state index in [1.54, 1.807) is 15.8 Å². The second-order valence-electron chi connectivity index (χ2n) is 7.88. The highest BCUT2D eigenvalue weighted by molar-refractivity contribution is 5.95. The number of fused-ring (bicyclic) bond motifs is 1. The van der Waals surface area contributed by atoms with E-state index in [2.05, 4.69) is 41.2 Å². The monoisotopic (exact) mass is 416 g/mol. The van der Waals surface area contributed by atoms with E-state index in [-0.39, 0.29) is 12.5 Å². The Kier molecular flexibility index (Phi) is 5.59. The highest BCUT2D eigenvalue weighted by atomic mass is 16.2. The smallest absolute Gasteiger partial charge is 0.244 e. The Morgan fingerprint density at radius 2 is 1.71 bits per heavy atom. The number of carbonyl (C=O) groups is 1. The van der Waals surface area contributed by atoms with Gasteiger partial charge >= 0.3 is 0 Å². The van der Waals surface area contributed by atoms with Crippen LogP contribution in [0.1, 0.15) is 29.6 Å². The van der Waals surface area contributed by atoms with Gasteiger partial charge in [-0.15, -0.1) is 0 Å². The second kappa shape index (κ2) is 8.34. The molecule has 0 aliphatic carbocycles. The summed E-state index contributed by atoms with van der Waals surface area (Å²) >= 11 is 0. The summed E-state index contributed by atoms with van der Waals surface area (Å²) in [4.78, 5) is 19.3. The number of amides is 1. The summed E-state index contributed by atoms with van der Waals surface area (Å²) < 4.78 is 3.69. The highest BCUT2D eigenvalue weighted by Gasteiger charge is 2.19. The first-order chi connectivity index (χ1) is 14.9. The zero-order valence-electron chi connectivity index (χ0n) is 18.8. The number of rotatable bonds is 6. The fourth-order valence-electron chi connectivity index (χ4n) is 4.09. The summed E-state index contributed by atoms with van der Waals surface area (Å²) in [7, 11) is 1.83. The van der Waals surface area contributed by atoms with Crippen molar-refractivity contribution < 1.29 is 4.79 Å². The Morgan fingerprint density at radius 1 is 1.00 bits per heavy atom. The van der Waals surface area contributed by atoms with Gasteiger partial charge in [-0.2, -0.15) is 10.2 Å². The van der Waals surface area contributed by atoms with E-state index < -0.39 is 0 Å². The Morgan fingerprint density at radius 3 is 2.39 bits per heavy atom. The molecule has 4 rings (SSSR count). The summed E-state index contributed by atoms with van der Waals surface area (Å²) in [6.45, 7) is 9.57. The lowest BCUT2D eigenvalue weighted by Crippen LogP contribution is -2.30. The quantitative estimate of drug-likeness (QED) is 0.478. The predicted octanol–water partition coefficient (Wildman–Crippen LogP) is 3.90. The molecular weight excluding hydrogens is 388 g/mol. The van der Waals surface area contributed by atoms with Gasteiger partial charge in [0, 0.05) is 43.0 Å². The fraction of sp³-hybridized carbons (Fsp3) is 0.333. The van der Waals surface area contributed by atoms with Crippen molar-refractivity contribution >= 4 is 16.9 Å². The zero-order chi connectivity index (χ0) is 22.1. The lowest BCUT2D eigenvalue weighted by molar-refractivity contribution is -0.131. The molecular formula is C24H28N6O. The molecule has 1 aromatic carbocycles. The molecule has 7 heteroatoms. The first-order valence-corrected chi connectivity index (χ1v) is 10.5. The van der Waals surface area contributed by atoms with Crippen molar-refractivity contribution in [3.8, 4) is 11.1 Å². The maximum atomic E-state index is 13.0. The number of benzene rings is 1. The van der Waals surface area contributed by atoms with Gasteiger partial charge in [0.1, 0.15) is 6.54 Å². The summed E-state index contributed by atoms with van der Waals surface area (Å²) in [5.41, 5.74) is 6.96. The van der Waals surface area contributed by atoms with Crippen LogP contribution in [0.4, 0.5) is 0 Å². The summed E-state index contributed by atoms with van der Waals surface area (Å²) in [5, 5.41) is 10.2. The van der Waals surface area contributed by atoms with Crippen LogP contribution >= 0.6 is 0 Å². The third-order valence-corrected chi connectivity index (χ3v) is 5.83. The molecule has 160 valence electrons. The van der Waals surface area contributed by atoms with E-state index >= 15 is 0 Å². The lowest BCUT2D eigenvalue weighted by atomic mass is 10.0. The van der Waals surface area contributed by atoms with Gasteiger partial charge in [-0.3, -0.25) is 9.48 Å². The fourth-order valence-corrected chi connectivity index (χ4v) is 4.09. The molecule has 0 saturated heterocycles. The summed E-state index contributed by atoms with van der Waals surface area (Å²) in [6, 6.07) is 12.2. The molecule has 0 aliphatic rings. The van der Waals surface area contributed by atoms with Crippen LogP contribution < -0.4 is 0 Å². The van der Waals surface area contributed by atoms with E-state index in [1.807, 2.05) is 49.8 Å². The Balaban J connectivity index is 1.60. The SMILES string of the molecule is CCn1nc(C)c(CN(C)C(=O)Cn2nc(C)c3c(-c4ccccc4)ccnc32)c1C. The summed E-state index contributed by atoms with van der Waals surface area (Å²) in [6.07, 6.45) is 1.78. The van der Waals surface area contributed by atoms with Crippen molar-refractivity contribution in [3.63, 3.8) is 0 Å². The maximum absolute atomic E-state index is 13.0. The number of aryl methyl sites for hydroxylation is 3. The molecule has 0 radical (unpaired) electrons. The molecule has 0 fully saturated rings. The van der Waals surface area contributed by atoms with Crippen molar-refractivity contribution in [2.75, 3.05) is 7.05 Å². The van der Waals surface area contributed by atoms with Crippen LogP contribution in [0.5, 0.6) is 0 Å². The number of carbonyl (C=O) groups excluding carboxylic acids is 1. The average molecular weight is 417 g/mol. The van der Waals surface area contributed by atoms with Crippen LogP contribution in [0.15, 0.2) is 42.6 Å². The number of hydrogen-bond acceptors (Lipinski definition) is 4. The van der Waals surface area contributed by atoms with Gasteiger partial charge in [0.05, 0.1) is 11.4 Å². The molecule has 3 aromatic heterocycles. The van der Waals surface area contributed by atoms with Crippen LogP contribution in [-0.4, -0.2) is 42.4 Å². The molecule has 0 spiro atoms. The molecule has 4 aromatic rings. The van der Waals surface area contributed by atoms with E-state index in [1.165, 1.54) is 0 Å². The minimum atomic E-state index is -0.0145. The third kappa shape index (κ3) is 3.83. The van der Waals surface area contributed by atoms with E-state index in [0.717, 1.165) is 51.4 Å². The molecule has 1 amide bonds. The lowest BCUT2D eigenvalue weighted by Gasteiger charge is -2.18. The van der Waals surface area contributed by atoms with Gasteiger partial charge < -0.3 is 4.90 Å². The van der Waals surface area contributed by atoms with Crippen LogP contribution in [0, 0.1) is 20.8 Å². The van der Waals surface area contributed by atoms with Crippen LogP contribution in [0.2, 0.25) is 0 Å². The van der Waals surface area contributed by atoms with Gasteiger partial charge in [-0.05, 0) is 44.9 Å². The second-order valence-corrected chi connectivity index (χ2v) is 7.88. The maximum Gasteiger partial charge on any atom is 0.244 e. The minimum Gasteiger partial charge on any atom is -0.340 e. The van der Waals surface area contributed by atoms with E-state index in [0.29, 0.717) is 6.54 Å². The van der Waals surface area contributed by atoms with Gasteiger partial charge in [0.25, 0.3) is 0 Å². The Hall–Kier alpha value is -3.48. The van der Waals surface area contributed by atoms with Gasteiger partial charge in [-0.1, -0.05) is 30.3 Å². The number of hydrogen-bond donors (Lipinski definition) is 0. The molecule has 3 heterocycles. The Bertz CT molecular complexity index is 1240. The summed E-state index contributed by atoms with van der Waals surface area (Å²) in [5.74, 6) is -0.0145. The molecule has 7 nitrogen and oxygen atoms in total. The standard InChI is InChI=1S/C24H28N6O/c1-6-29-18(4)21(16(2)26-29)14-28(5)22(31)15-30-24-23(17(3)27-30)20(12-13-25-24)19-10-8-7-9-11-19/h7-13H,6,14-15H2,1-5H3. The van der Waals surface area contributed by atoms with Crippen molar-refractivity contribution in [3.05, 3.63) is 65.2 Å². The number of likely N-dealkylation sites (N-methyl/N-ethyl adjacent to an activating group) is 1. The van der Waals surface area contributed by atoms with Crippen LogP contribution in [-0.2, 0) is 24.4 Å². The van der Waals surface area contributed by atoms with E-state index in [9.17, 15) is 4.79 Å². The molecule has 0 N–H and O–H groups in total. The molecule has 0 bridgehead atoms. The van der Waals surface area contributed by atoms with Crippen LogP contribution in [0.3, 0.4) is 0 Å². The number of pyridine rings is 1. The van der Waals surface area contributed by atoms with Crippen LogP contribution in [0.25, 0.3) is 22.2 Å². The van der Waals surface area contributed by atoms with E-state index in [4.69, 9.17) is 0 Å². The largest absolute Gasteiger partial charge is 0.340 e. The van der Waals surface area contributed by atoms with Crippen molar-refractivity contribution in [2.24, 2.45) is 0 Å². The van der Waals surface area contributed by atoms with Gasteiger partial charge in [0.15, 0.2) is 5.65 Å². The Labute approximate surface area is 182 Å². The normalized spacial score (nSPS) is 11.3. The van der Waals surface area contributed by atoms with Crippen molar-refractivity contribution in [2.45, 2.75) is 47.3 Å². The number of nitrogens with zero attached hydrogens (tertiary/aromatic N) is 6. The topological polar surface area (TPSA) is 68.8 Å². The molecule has 0 saturated carbocycles. The first kappa shape index (κ1) is 20.8. The average Bonchev–Trinajstić information content (AvgIpc) is 3.24. The van der Waals surface area contributed by atoms with Gasteiger partial charge in [0.2, 0.25) is 5.91 Å². The predicted molar refractivity (Wildman–Crippen MR) is 122 cm³/mol. The van der Waals surface area contributed by atoms with Crippen molar-refractivity contribution in [1.82, 2.24) is 29.4 Å². The highest BCUT2D eigenvalue weighted by Crippen LogP contribution is 2.29. The third-order valence-electron chi connectivity index (χ3n) is 5.83. The molecule has 31 heavy (non-hydrogen) atoms. The van der Waals surface area contributed by atoms with Gasteiger partial charge in [-0.25, -0.2) is 9.67 Å². The first-order valence-electron chi connectivity index (χ1n) is 10.5. The molecule has 0 unspecified atom stereocenters. The molecule has 0 aliphatic heterocycles. The number of aromatic nitrogens is 5. The minimum absolute atomic E-state index is 0.0145. The van der Waals surface area contributed by atoms with Crippen molar-refractivity contribution in [1.29, 1.82) is 0 Å².